The Morgan fingerprint density at radius 3 is 2.67 bits per heavy atom. The number of carbonyl (C=O) groups is 1. The van der Waals surface area contributed by atoms with E-state index in [1.54, 1.807) is 0 Å². The summed E-state index contributed by atoms with van der Waals surface area (Å²) >= 11 is 6.54. The molecule has 0 radical (unpaired) electrons. The number of sulfone groups is 1. The SMILES string of the molecule is O=C(CNS(=O)(=O)c1ccc(Cl)s1)NC1CCS(=O)(=O)C1. The minimum atomic E-state index is -3.79. The molecule has 1 aromatic rings. The predicted molar refractivity (Wildman–Crippen MR) is 79.7 cm³/mol. The van der Waals surface area contributed by atoms with Crippen LogP contribution in [0.1, 0.15) is 6.42 Å². The third kappa shape index (κ3) is 4.65. The topological polar surface area (TPSA) is 109 Å². The number of sulfonamides is 1. The molecule has 1 fully saturated rings. The van der Waals surface area contributed by atoms with Crippen molar-refractivity contribution in [1.29, 1.82) is 0 Å². The third-order valence-corrected chi connectivity index (χ3v) is 7.73. The Hall–Kier alpha value is -0.680. The van der Waals surface area contributed by atoms with E-state index in [4.69, 9.17) is 11.6 Å². The first-order valence-electron chi connectivity index (χ1n) is 5.93. The lowest BCUT2D eigenvalue weighted by Gasteiger charge is -2.11. The van der Waals surface area contributed by atoms with Gasteiger partial charge in [0.2, 0.25) is 5.91 Å². The fourth-order valence-electron chi connectivity index (χ4n) is 1.86. The molecule has 1 unspecified atom stereocenters. The average molecular weight is 373 g/mol. The van der Waals surface area contributed by atoms with Gasteiger partial charge in [0.1, 0.15) is 4.21 Å². The van der Waals surface area contributed by atoms with Crippen LogP contribution < -0.4 is 10.0 Å². The molecule has 2 heterocycles. The highest BCUT2D eigenvalue weighted by Crippen LogP contribution is 2.25. The number of thiophene rings is 1. The van der Waals surface area contributed by atoms with Gasteiger partial charge in [-0.25, -0.2) is 21.6 Å². The number of carbonyl (C=O) groups excluding carboxylic acids is 1. The van der Waals surface area contributed by atoms with E-state index in [2.05, 4.69) is 10.0 Å². The molecular formula is C10H13ClN2O5S3. The number of amides is 1. The van der Waals surface area contributed by atoms with Gasteiger partial charge in [-0.1, -0.05) is 11.6 Å². The Morgan fingerprint density at radius 1 is 1.43 bits per heavy atom. The van der Waals surface area contributed by atoms with Gasteiger partial charge in [0, 0.05) is 6.04 Å². The summed E-state index contributed by atoms with van der Waals surface area (Å²) in [5, 5.41) is 2.50. The molecule has 1 aliphatic heterocycles. The monoisotopic (exact) mass is 372 g/mol. The van der Waals surface area contributed by atoms with Gasteiger partial charge in [-0.3, -0.25) is 4.79 Å². The molecule has 2 rings (SSSR count). The van der Waals surface area contributed by atoms with Crippen LogP contribution in [-0.2, 0) is 24.7 Å². The summed E-state index contributed by atoms with van der Waals surface area (Å²) in [6.07, 6.45) is 0.349. The van der Waals surface area contributed by atoms with Gasteiger partial charge in [-0.05, 0) is 18.6 Å². The van der Waals surface area contributed by atoms with Crippen LogP contribution in [0.15, 0.2) is 16.3 Å². The van der Waals surface area contributed by atoms with Gasteiger partial charge in [-0.2, -0.15) is 0 Å². The highest BCUT2D eigenvalue weighted by atomic mass is 35.5. The van der Waals surface area contributed by atoms with E-state index in [1.807, 2.05) is 0 Å². The normalized spacial score (nSPS) is 21.3. The van der Waals surface area contributed by atoms with E-state index in [-0.39, 0.29) is 15.7 Å². The van der Waals surface area contributed by atoms with E-state index < -0.39 is 38.4 Å². The molecule has 0 saturated carbocycles. The number of nitrogens with one attached hydrogen (secondary N) is 2. The van der Waals surface area contributed by atoms with E-state index in [0.717, 1.165) is 11.3 Å². The van der Waals surface area contributed by atoms with Crippen molar-refractivity contribution in [2.45, 2.75) is 16.7 Å². The summed E-state index contributed by atoms with van der Waals surface area (Å²) in [5.41, 5.74) is 0. The summed E-state index contributed by atoms with van der Waals surface area (Å²) in [7, 11) is -6.88. The van der Waals surface area contributed by atoms with Gasteiger partial charge in [0.15, 0.2) is 9.84 Å². The van der Waals surface area contributed by atoms with Crippen LogP contribution in [0.25, 0.3) is 0 Å². The minimum absolute atomic E-state index is 0.0174. The Bertz CT molecular complexity index is 740. The first-order valence-corrected chi connectivity index (χ1v) is 10.4. The van der Waals surface area contributed by atoms with Crippen LogP contribution in [0.3, 0.4) is 0 Å². The summed E-state index contributed by atoms with van der Waals surface area (Å²) in [6.45, 7) is -0.450. The van der Waals surface area contributed by atoms with Gasteiger partial charge in [-0.15, -0.1) is 11.3 Å². The smallest absolute Gasteiger partial charge is 0.250 e. The molecule has 1 aliphatic rings. The standard InChI is InChI=1S/C10H13ClN2O5S3/c11-8-1-2-10(19-8)21(17,18)12-5-9(14)13-7-3-4-20(15,16)6-7/h1-2,7,12H,3-6H2,(H,13,14). The molecule has 0 aliphatic carbocycles. The molecule has 1 saturated heterocycles. The highest BCUT2D eigenvalue weighted by molar-refractivity contribution is 7.92. The van der Waals surface area contributed by atoms with Crippen molar-refractivity contribution >= 4 is 48.7 Å². The summed E-state index contributed by atoms with van der Waals surface area (Å²) < 4.78 is 48.7. The molecule has 11 heteroatoms. The lowest BCUT2D eigenvalue weighted by atomic mass is 10.2. The second-order valence-electron chi connectivity index (χ2n) is 4.55. The lowest BCUT2D eigenvalue weighted by molar-refractivity contribution is -0.120. The zero-order chi connectivity index (χ0) is 15.7. The van der Waals surface area contributed by atoms with Crippen molar-refractivity contribution in [3.8, 4) is 0 Å². The van der Waals surface area contributed by atoms with Crippen LogP contribution in [0.5, 0.6) is 0 Å². The molecule has 0 spiro atoms. The second-order valence-corrected chi connectivity index (χ2v) is 10.5. The number of hydrogen-bond acceptors (Lipinski definition) is 6. The molecule has 7 nitrogen and oxygen atoms in total. The molecule has 2 N–H and O–H groups in total. The number of rotatable bonds is 5. The fourth-order valence-corrected chi connectivity index (χ4v) is 6.04. The van der Waals surface area contributed by atoms with Crippen LogP contribution in [-0.4, -0.2) is 46.8 Å². The van der Waals surface area contributed by atoms with Crippen molar-refractivity contribution in [1.82, 2.24) is 10.0 Å². The van der Waals surface area contributed by atoms with Gasteiger partial charge in [0.25, 0.3) is 10.0 Å². The van der Waals surface area contributed by atoms with Crippen LogP contribution in [0, 0.1) is 0 Å². The fraction of sp³-hybridized carbons (Fsp3) is 0.500. The Balaban J connectivity index is 1.87. The van der Waals surface area contributed by atoms with Gasteiger partial charge in [0.05, 0.1) is 22.4 Å². The minimum Gasteiger partial charge on any atom is -0.351 e. The number of halogens is 1. The molecule has 1 amide bonds. The summed E-state index contributed by atoms with van der Waals surface area (Å²) in [4.78, 5) is 11.6. The van der Waals surface area contributed by atoms with Gasteiger partial charge >= 0.3 is 0 Å². The maximum atomic E-state index is 11.9. The molecule has 21 heavy (non-hydrogen) atoms. The predicted octanol–water partition coefficient (Wildman–Crippen LogP) is -0.0169. The van der Waals surface area contributed by atoms with Crippen molar-refractivity contribution in [3.05, 3.63) is 16.5 Å². The van der Waals surface area contributed by atoms with Crippen molar-refractivity contribution < 1.29 is 21.6 Å². The maximum absolute atomic E-state index is 11.9. The summed E-state index contributed by atoms with van der Waals surface area (Å²) in [5.74, 6) is -0.632. The molecule has 0 bridgehead atoms. The van der Waals surface area contributed by atoms with E-state index in [1.165, 1.54) is 12.1 Å². The first kappa shape index (κ1) is 16.7. The zero-order valence-electron chi connectivity index (χ0n) is 10.7. The van der Waals surface area contributed by atoms with Crippen LogP contribution >= 0.6 is 22.9 Å². The summed E-state index contributed by atoms with van der Waals surface area (Å²) in [6, 6.07) is 2.34. The Morgan fingerprint density at radius 2 is 2.14 bits per heavy atom. The van der Waals surface area contributed by atoms with Gasteiger partial charge < -0.3 is 5.32 Å². The largest absolute Gasteiger partial charge is 0.351 e. The van der Waals surface area contributed by atoms with E-state index in [9.17, 15) is 21.6 Å². The Kier molecular flexibility index (Phi) is 4.93. The van der Waals surface area contributed by atoms with E-state index >= 15 is 0 Å². The lowest BCUT2D eigenvalue weighted by Crippen LogP contribution is -2.42. The van der Waals surface area contributed by atoms with Crippen molar-refractivity contribution in [3.63, 3.8) is 0 Å². The number of hydrogen-bond donors (Lipinski definition) is 2. The zero-order valence-corrected chi connectivity index (χ0v) is 13.9. The van der Waals surface area contributed by atoms with E-state index in [0.29, 0.717) is 10.8 Å². The van der Waals surface area contributed by atoms with Crippen molar-refractivity contribution in [2.75, 3.05) is 18.1 Å². The molecule has 0 aromatic carbocycles. The molecular weight excluding hydrogens is 360 g/mol. The molecule has 1 aromatic heterocycles. The maximum Gasteiger partial charge on any atom is 0.250 e. The molecule has 1 atom stereocenters. The quantitative estimate of drug-likeness (QED) is 0.755. The second kappa shape index (κ2) is 6.21. The van der Waals surface area contributed by atoms with Crippen LogP contribution in [0.2, 0.25) is 4.34 Å². The Labute approximate surface area is 131 Å². The highest BCUT2D eigenvalue weighted by Gasteiger charge is 2.29. The van der Waals surface area contributed by atoms with Crippen LogP contribution in [0.4, 0.5) is 0 Å². The first-order chi connectivity index (χ1) is 9.68. The molecule has 118 valence electrons. The average Bonchev–Trinajstić information content (AvgIpc) is 2.94. The van der Waals surface area contributed by atoms with Crippen molar-refractivity contribution in [2.24, 2.45) is 0 Å². The third-order valence-electron chi connectivity index (χ3n) is 2.83.